The number of benzene rings is 1. The van der Waals surface area contributed by atoms with Crippen molar-refractivity contribution in [3.63, 3.8) is 0 Å². The van der Waals surface area contributed by atoms with Crippen molar-refractivity contribution in [2.45, 2.75) is 0 Å². The van der Waals surface area contributed by atoms with Crippen LogP contribution in [0, 0.1) is 0 Å². The van der Waals surface area contributed by atoms with Crippen LogP contribution in [0.1, 0.15) is 0 Å². The molecule has 5 nitrogen and oxygen atoms in total. The average Bonchev–Trinajstić information content (AvgIpc) is 2.14. The van der Waals surface area contributed by atoms with Gasteiger partial charge in [0.15, 0.2) is 11.5 Å². The summed E-state index contributed by atoms with van der Waals surface area (Å²) < 4.78 is 39.0. The third-order valence-corrected chi connectivity index (χ3v) is 1.85. The molecule has 0 saturated heterocycles. The molecule has 78 valence electrons. The molecule has 14 heavy (non-hydrogen) atoms. The number of rotatable bonds is 4. The van der Waals surface area contributed by atoms with E-state index in [0.29, 0.717) is 5.75 Å². The Hall–Kier alpha value is -1.27. The van der Waals surface area contributed by atoms with E-state index < -0.39 is 16.1 Å². The molecule has 0 aliphatic rings. The fourth-order valence-corrected chi connectivity index (χ4v) is 1.15. The van der Waals surface area contributed by atoms with Gasteiger partial charge in [-0.1, -0.05) is 12.1 Å². The van der Waals surface area contributed by atoms with Crippen LogP contribution in [-0.2, 0) is 10.1 Å². The first-order valence-electron chi connectivity index (χ1n) is 3.74. The zero-order valence-corrected chi connectivity index (χ0v) is 8.32. The van der Waals surface area contributed by atoms with E-state index in [0.717, 1.165) is 0 Å². The zero-order valence-electron chi connectivity index (χ0n) is 7.50. The largest absolute Gasteiger partial charge is 0.493 e. The number of methoxy groups -OCH3 is 1. The fourth-order valence-electron chi connectivity index (χ4n) is 0.876. The summed E-state index contributed by atoms with van der Waals surface area (Å²) in [6, 6.07) is 6.56. The Balaban J connectivity index is 2.76. The Kier molecular flexibility index (Phi) is 3.32. The number of hydrogen-bond acceptors (Lipinski definition) is 4. The maximum atomic E-state index is 10.4. The van der Waals surface area contributed by atoms with Crippen LogP contribution in [0.4, 0.5) is 0 Å². The minimum atomic E-state index is -4.13. The summed E-state index contributed by atoms with van der Waals surface area (Å²) in [5, 5.41) is 0. The smallest absolute Gasteiger partial charge is 0.300 e. The summed E-state index contributed by atoms with van der Waals surface area (Å²) in [4.78, 5) is 0. The van der Waals surface area contributed by atoms with Crippen LogP contribution in [0.5, 0.6) is 11.5 Å². The standard InChI is InChI=1S/C8H10O5S/c1-12-7-4-2-3-5-8(7)13-6-14(9,10)11/h2-5H,6H2,1H3,(H,9,10,11). The number of hydrogen-bond donors (Lipinski definition) is 1. The van der Waals surface area contributed by atoms with E-state index in [1.165, 1.54) is 7.11 Å². The normalized spacial score (nSPS) is 11.0. The summed E-state index contributed by atoms with van der Waals surface area (Å²) in [5.74, 6) is -0.100. The Morgan fingerprint density at radius 3 is 2.36 bits per heavy atom. The highest BCUT2D eigenvalue weighted by molar-refractivity contribution is 7.85. The van der Waals surface area contributed by atoms with Gasteiger partial charge in [-0.3, -0.25) is 4.55 Å². The first-order chi connectivity index (χ1) is 6.53. The van der Waals surface area contributed by atoms with Crippen molar-refractivity contribution >= 4 is 10.1 Å². The Bertz CT molecular complexity index is 398. The summed E-state index contributed by atoms with van der Waals surface area (Å²) in [5.41, 5.74) is 0. The molecule has 1 N–H and O–H groups in total. The van der Waals surface area contributed by atoms with E-state index in [1.54, 1.807) is 24.3 Å². The molecule has 0 saturated carbocycles. The molecule has 1 aromatic rings. The van der Waals surface area contributed by atoms with E-state index in [4.69, 9.17) is 14.0 Å². The third kappa shape index (κ3) is 3.23. The van der Waals surface area contributed by atoms with Crippen molar-refractivity contribution in [1.82, 2.24) is 0 Å². The number of para-hydroxylation sites is 2. The molecule has 0 unspecified atom stereocenters. The van der Waals surface area contributed by atoms with Gasteiger partial charge in [-0.2, -0.15) is 8.42 Å². The SMILES string of the molecule is COc1ccccc1OCS(=O)(=O)O. The molecule has 0 bridgehead atoms. The highest BCUT2D eigenvalue weighted by Crippen LogP contribution is 2.25. The molecule has 0 aliphatic heterocycles. The van der Waals surface area contributed by atoms with Gasteiger partial charge in [0.2, 0.25) is 5.94 Å². The second-order valence-electron chi connectivity index (χ2n) is 2.49. The van der Waals surface area contributed by atoms with Gasteiger partial charge < -0.3 is 9.47 Å². The summed E-state index contributed by atoms with van der Waals surface area (Å²) in [6.45, 7) is 0. The highest BCUT2D eigenvalue weighted by atomic mass is 32.2. The van der Waals surface area contributed by atoms with Crippen LogP contribution >= 0.6 is 0 Å². The van der Waals surface area contributed by atoms with Gasteiger partial charge in [0.05, 0.1) is 7.11 Å². The molecule has 0 aliphatic carbocycles. The lowest BCUT2D eigenvalue weighted by molar-refractivity contribution is 0.324. The first kappa shape index (κ1) is 10.8. The molecule has 0 spiro atoms. The molecular weight excluding hydrogens is 208 g/mol. The molecule has 1 rings (SSSR count). The Morgan fingerprint density at radius 1 is 1.29 bits per heavy atom. The average molecular weight is 218 g/mol. The topological polar surface area (TPSA) is 72.8 Å². The predicted octanol–water partition coefficient (Wildman–Crippen LogP) is 0.919. The molecule has 0 atom stereocenters. The van der Waals surface area contributed by atoms with E-state index in [2.05, 4.69) is 0 Å². The van der Waals surface area contributed by atoms with Crippen molar-refractivity contribution < 1.29 is 22.4 Å². The van der Waals surface area contributed by atoms with Gasteiger partial charge in [0, 0.05) is 0 Å². The molecule has 6 heteroatoms. The maximum Gasteiger partial charge on any atom is 0.300 e. The fraction of sp³-hybridized carbons (Fsp3) is 0.250. The van der Waals surface area contributed by atoms with Gasteiger partial charge in [-0.05, 0) is 12.1 Å². The van der Waals surface area contributed by atoms with Crippen molar-refractivity contribution in [2.75, 3.05) is 13.0 Å². The molecular formula is C8H10O5S. The van der Waals surface area contributed by atoms with Gasteiger partial charge >= 0.3 is 10.1 Å². The van der Waals surface area contributed by atoms with Crippen molar-refractivity contribution in [3.05, 3.63) is 24.3 Å². The van der Waals surface area contributed by atoms with E-state index in [1.807, 2.05) is 0 Å². The quantitative estimate of drug-likeness (QED) is 0.761. The first-order valence-corrected chi connectivity index (χ1v) is 5.35. The maximum absolute atomic E-state index is 10.4. The molecule has 0 fully saturated rings. The van der Waals surface area contributed by atoms with Crippen LogP contribution in [0.2, 0.25) is 0 Å². The lowest BCUT2D eigenvalue weighted by atomic mass is 10.3. The van der Waals surface area contributed by atoms with Crippen LogP contribution in [0.15, 0.2) is 24.3 Å². The van der Waals surface area contributed by atoms with Gasteiger partial charge in [-0.15, -0.1) is 0 Å². The van der Waals surface area contributed by atoms with Crippen LogP contribution in [0.25, 0.3) is 0 Å². The highest BCUT2D eigenvalue weighted by Gasteiger charge is 2.08. The lowest BCUT2D eigenvalue weighted by Crippen LogP contribution is -2.10. The molecule has 0 aromatic heterocycles. The predicted molar refractivity (Wildman–Crippen MR) is 50.0 cm³/mol. The molecule has 0 radical (unpaired) electrons. The second kappa shape index (κ2) is 4.30. The number of ether oxygens (including phenoxy) is 2. The Labute approximate surface area is 82.0 Å². The van der Waals surface area contributed by atoms with E-state index >= 15 is 0 Å². The van der Waals surface area contributed by atoms with Crippen molar-refractivity contribution in [2.24, 2.45) is 0 Å². The summed E-state index contributed by atoms with van der Waals surface area (Å²) in [6.07, 6.45) is 0. The van der Waals surface area contributed by atoms with Crippen LogP contribution in [0.3, 0.4) is 0 Å². The van der Waals surface area contributed by atoms with E-state index in [-0.39, 0.29) is 5.75 Å². The summed E-state index contributed by atoms with van der Waals surface area (Å²) in [7, 11) is -2.68. The lowest BCUT2D eigenvalue weighted by Gasteiger charge is -2.08. The molecule has 1 aromatic carbocycles. The third-order valence-electron chi connectivity index (χ3n) is 1.43. The van der Waals surface area contributed by atoms with Gasteiger partial charge in [0.1, 0.15) is 0 Å². The van der Waals surface area contributed by atoms with Crippen molar-refractivity contribution in [1.29, 1.82) is 0 Å². The van der Waals surface area contributed by atoms with Crippen LogP contribution < -0.4 is 9.47 Å². The Morgan fingerprint density at radius 2 is 1.86 bits per heavy atom. The monoisotopic (exact) mass is 218 g/mol. The minimum absolute atomic E-state index is 0.271. The molecule has 0 amide bonds. The van der Waals surface area contributed by atoms with Crippen LogP contribution in [-0.4, -0.2) is 26.0 Å². The van der Waals surface area contributed by atoms with E-state index in [9.17, 15) is 8.42 Å². The minimum Gasteiger partial charge on any atom is -0.493 e. The van der Waals surface area contributed by atoms with Crippen molar-refractivity contribution in [3.8, 4) is 11.5 Å². The van der Waals surface area contributed by atoms with Gasteiger partial charge in [-0.25, -0.2) is 0 Å². The van der Waals surface area contributed by atoms with Gasteiger partial charge in [0.25, 0.3) is 0 Å². The molecule has 0 heterocycles. The zero-order chi connectivity index (χ0) is 10.6. The second-order valence-corrected chi connectivity index (χ2v) is 3.89. The summed E-state index contributed by atoms with van der Waals surface area (Å²) >= 11 is 0.